The van der Waals surface area contributed by atoms with Gasteiger partial charge in [-0.1, -0.05) is 30.3 Å². The maximum Gasteiger partial charge on any atom is 0.209 e. The number of carbonyl (C=O) groups excluding carboxylic acids is 1. The number of ether oxygens (including phenoxy) is 2. The Kier molecular flexibility index (Phi) is 6.59. The quantitative estimate of drug-likeness (QED) is 0.415. The molecule has 1 aromatic heterocycles. The Labute approximate surface area is 172 Å². The molecule has 1 atom stereocenters. The molecule has 146 valence electrons. The van der Waals surface area contributed by atoms with Crippen LogP contribution in [0.25, 0.3) is 11.4 Å². The third kappa shape index (κ3) is 4.48. The van der Waals surface area contributed by atoms with E-state index in [1.165, 1.54) is 11.8 Å². The molecule has 0 aliphatic carbocycles. The fraction of sp³-hybridized carbons (Fsp3) is 0.250. The van der Waals surface area contributed by atoms with Crippen molar-refractivity contribution in [1.29, 1.82) is 0 Å². The largest absolute Gasteiger partial charge is 0.497 e. The number of methoxy groups -OCH3 is 2. The number of benzene rings is 2. The van der Waals surface area contributed by atoms with Crippen LogP contribution >= 0.6 is 23.4 Å². The Balaban J connectivity index is 1.79. The first-order chi connectivity index (χ1) is 13.5. The molecule has 0 fully saturated rings. The molecule has 2 aromatic carbocycles. The van der Waals surface area contributed by atoms with E-state index in [0.717, 1.165) is 0 Å². The third-order valence-corrected chi connectivity index (χ3v) is 5.63. The zero-order valence-electron chi connectivity index (χ0n) is 15.7. The first kappa shape index (κ1) is 20.2. The van der Waals surface area contributed by atoms with Gasteiger partial charge in [-0.25, -0.2) is 4.98 Å². The molecule has 0 spiro atoms. The summed E-state index contributed by atoms with van der Waals surface area (Å²) in [5.74, 6) is 1.92. The summed E-state index contributed by atoms with van der Waals surface area (Å²) in [4.78, 5) is 17.3. The molecular weight excluding hydrogens is 398 g/mol. The van der Waals surface area contributed by atoms with Gasteiger partial charge in [0.1, 0.15) is 11.5 Å². The second kappa shape index (κ2) is 9.12. The summed E-state index contributed by atoms with van der Waals surface area (Å²) in [6, 6.07) is 12.4. The average molecular weight is 418 g/mol. The lowest BCUT2D eigenvalue weighted by molar-refractivity contribution is 0.0988. The molecule has 8 heteroatoms. The normalized spacial score (nSPS) is 11.9. The van der Waals surface area contributed by atoms with Crippen molar-refractivity contribution in [3.63, 3.8) is 0 Å². The van der Waals surface area contributed by atoms with E-state index in [1.807, 2.05) is 6.92 Å². The molecular formula is C20H20ClN3O3S. The van der Waals surface area contributed by atoms with Crippen molar-refractivity contribution in [3.8, 4) is 22.9 Å². The van der Waals surface area contributed by atoms with Gasteiger partial charge in [-0.2, -0.15) is 0 Å². The lowest BCUT2D eigenvalue weighted by atomic mass is 10.1. The lowest BCUT2D eigenvalue weighted by Crippen LogP contribution is -2.16. The SMILES string of the molecule is CCC(Sc1n[nH]c(-c2cc(Cl)ccc2OC)n1)C(=O)c1ccc(OC)cc1. The molecule has 0 aliphatic rings. The Bertz CT molecular complexity index is 960. The Morgan fingerprint density at radius 2 is 1.93 bits per heavy atom. The number of H-pyrrole nitrogens is 1. The van der Waals surface area contributed by atoms with Crippen molar-refractivity contribution in [3.05, 3.63) is 53.1 Å². The van der Waals surface area contributed by atoms with Gasteiger partial charge in [-0.3, -0.25) is 9.89 Å². The molecule has 0 amide bonds. The minimum Gasteiger partial charge on any atom is -0.497 e. The van der Waals surface area contributed by atoms with E-state index in [1.54, 1.807) is 56.7 Å². The van der Waals surface area contributed by atoms with Crippen molar-refractivity contribution in [2.45, 2.75) is 23.8 Å². The minimum atomic E-state index is -0.293. The third-order valence-electron chi connectivity index (χ3n) is 4.17. The second-order valence-corrected chi connectivity index (χ2v) is 7.53. The fourth-order valence-electron chi connectivity index (χ4n) is 2.68. The van der Waals surface area contributed by atoms with E-state index in [-0.39, 0.29) is 11.0 Å². The van der Waals surface area contributed by atoms with Gasteiger partial charge in [-0.05, 0) is 48.9 Å². The predicted molar refractivity (Wildman–Crippen MR) is 111 cm³/mol. The van der Waals surface area contributed by atoms with Crippen molar-refractivity contribution in [1.82, 2.24) is 15.2 Å². The van der Waals surface area contributed by atoms with Crippen molar-refractivity contribution < 1.29 is 14.3 Å². The number of rotatable bonds is 8. The number of nitrogens with one attached hydrogen (secondary N) is 1. The van der Waals surface area contributed by atoms with Gasteiger partial charge >= 0.3 is 0 Å². The summed E-state index contributed by atoms with van der Waals surface area (Å²) >= 11 is 7.42. The molecule has 6 nitrogen and oxygen atoms in total. The monoisotopic (exact) mass is 417 g/mol. The van der Waals surface area contributed by atoms with E-state index in [2.05, 4.69) is 15.2 Å². The highest BCUT2D eigenvalue weighted by Crippen LogP contribution is 2.32. The number of Topliss-reactive ketones (excluding diaryl/α,β-unsaturated/α-hetero) is 1. The summed E-state index contributed by atoms with van der Waals surface area (Å²) in [7, 11) is 3.18. The molecule has 0 saturated heterocycles. The van der Waals surface area contributed by atoms with Gasteiger partial charge in [-0.15, -0.1) is 5.10 Å². The Hall–Kier alpha value is -2.51. The van der Waals surface area contributed by atoms with Crippen LogP contribution in [-0.4, -0.2) is 40.4 Å². The van der Waals surface area contributed by atoms with Gasteiger partial charge in [0.05, 0.1) is 25.0 Å². The topological polar surface area (TPSA) is 77.1 Å². The minimum absolute atomic E-state index is 0.0295. The summed E-state index contributed by atoms with van der Waals surface area (Å²) in [6.45, 7) is 1.96. The number of ketones is 1. The zero-order chi connectivity index (χ0) is 20.1. The first-order valence-electron chi connectivity index (χ1n) is 8.67. The molecule has 1 heterocycles. The van der Waals surface area contributed by atoms with Crippen LogP contribution in [0.1, 0.15) is 23.7 Å². The Morgan fingerprint density at radius 3 is 2.57 bits per heavy atom. The van der Waals surface area contributed by atoms with Gasteiger partial charge in [0.2, 0.25) is 5.16 Å². The van der Waals surface area contributed by atoms with Crippen molar-refractivity contribution in [2.24, 2.45) is 0 Å². The van der Waals surface area contributed by atoms with Crippen LogP contribution in [0.5, 0.6) is 11.5 Å². The lowest BCUT2D eigenvalue weighted by Gasteiger charge is -2.11. The molecule has 3 aromatic rings. The number of thioether (sulfide) groups is 1. The molecule has 0 radical (unpaired) electrons. The number of hydrogen-bond acceptors (Lipinski definition) is 6. The smallest absolute Gasteiger partial charge is 0.209 e. The van der Waals surface area contributed by atoms with Crippen LogP contribution in [-0.2, 0) is 0 Å². The summed E-state index contributed by atoms with van der Waals surface area (Å²) in [5, 5.41) is 7.91. The molecule has 1 N–H and O–H groups in total. The van der Waals surface area contributed by atoms with Crippen LogP contribution in [0, 0.1) is 0 Å². The number of carbonyl (C=O) groups is 1. The van der Waals surface area contributed by atoms with Gasteiger partial charge in [0, 0.05) is 10.6 Å². The second-order valence-electron chi connectivity index (χ2n) is 5.92. The summed E-state index contributed by atoms with van der Waals surface area (Å²) in [6.07, 6.45) is 0.653. The van der Waals surface area contributed by atoms with Crippen LogP contribution in [0.3, 0.4) is 0 Å². The Morgan fingerprint density at radius 1 is 1.18 bits per heavy atom. The molecule has 3 rings (SSSR count). The summed E-state index contributed by atoms with van der Waals surface area (Å²) < 4.78 is 10.5. The number of halogens is 1. The van der Waals surface area contributed by atoms with Crippen LogP contribution in [0.2, 0.25) is 5.02 Å². The number of aromatic nitrogens is 3. The van der Waals surface area contributed by atoms with E-state index in [4.69, 9.17) is 21.1 Å². The van der Waals surface area contributed by atoms with Crippen molar-refractivity contribution >= 4 is 29.1 Å². The highest BCUT2D eigenvalue weighted by Gasteiger charge is 2.22. The van der Waals surface area contributed by atoms with Crippen molar-refractivity contribution in [2.75, 3.05) is 14.2 Å². The zero-order valence-corrected chi connectivity index (χ0v) is 17.3. The predicted octanol–water partition coefficient (Wildman–Crippen LogP) is 4.90. The van der Waals surface area contributed by atoms with Crippen LogP contribution in [0.15, 0.2) is 47.6 Å². The molecule has 0 bridgehead atoms. The standard InChI is InChI=1S/C20H20ClN3O3S/c1-4-17(18(25)12-5-8-14(26-2)9-6-12)28-20-22-19(23-24-20)15-11-13(21)7-10-16(15)27-3/h5-11,17H,4H2,1-3H3,(H,22,23,24). The molecule has 1 unspecified atom stereocenters. The van der Waals surface area contributed by atoms with Crippen LogP contribution < -0.4 is 9.47 Å². The van der Waals surface area contributed by atoms with Gasteiger partial charge in [0.15, 0.2) is 11.6 Å². The first-order valence-corrected chi connectivity index (χ1v) is 9.92. The summed E-state index contributed by atoms with van der Waals surface area (Å²) in [5.41, 5.74) is 1.34. The van der Waals surface area contributed by atoms with Crippen LogP contribution in [0.4, 0.5) is 0 Å². The molecule has 0 saturated carbocycles. The number of nitrogens with zero attached hydrogens (tertiary/aromatic N) is 2. The number of aromatic amines is 1. The van der Waals surface area contributed by atoms with E-state index in [0.29, 0.717) is 45.1 Å². The van der Waals surface area contributed by atoms with Gasteiger partial charge < -0.3 is 9.47 Å². The fourth-order valence-corrected chi connectivity index (χ4v) is 3.75. The highest BCUT2D eigenvalue weighted by molar-refractivity contribution is 8.00. The number of hydrogen-bond donors (Lipinski definition) is 1. The van der Waals surface area contributed by atoms with E-state index >= 15 is 0 Å². The molecule has 0 aliphatic heterocycles. The average Bonchev–Trinajstić information content (AvgIpc) is 3.20. The van der Waals surface area contributed by atoms with E-state index in [9.17, 15) is 4.79 Å². The van der Waals surface area contributed by atoms with Gasteiger partial charge in [0.25, 0.3) is 0 Å². The molecule has 28 heavy (non-hydrogen) atoms. The maximum absolute atomic E-state index is 12.8. The highest BCUT2D eigenvalue weighted by atomic mass is 35.5. The maximum atomic E-state index is 12.8. The van der Waals surface area contributed by atoms with E-state index < -0.39 is 0 Å².